The number of rotatable bonds is 7. The van der Waals surface area contributed by atoms with E-state index in [-0.39, 0.29) is 11.7 Å². The van der Waals surface area contributed by atoms with E-state index in [0.717, 1.165) is 5.56 Å². The van der Waals surface area contributed by atoms with Gasteiger partial charge < -0.3 is 19.5 Å². The maximum Gasteiger partial charge on any atom is 0.339 e. The Morgan fingerprint density at radius 2 is 1.63 bits per heavy atom. The van der Waals surface area contributed by atoms with Crippen molar-refractivity contribution < 1.29 is 23.8 Å². The van der Waals surface area contributed by atoms with Crippen LogP contribution in [0.2, 0.25) is 0 Å². The summed E-state index contributed by atoms with van der Waals surface area (Å²) >= 11 is 0. The number of hydrogen-bond acceptors (Lipinski definition) is 5. The van der Waals surface area contributed by atoms with Gasteiger partial charge in [0.1, 0.15) is 0 Å². The van der Waals surface area contributed by atoms with Crippen molar-refractivity contribution in [3.05, 3.63) is 53.6 Å². The van der Waals surface area contributed by atoms with Gasteiger partial charge in [0.05, 0.1) is 18.8 Å². The lowest BCUT2D eigenvalue weighted by atomic mass is 10.2. The highest BCUT2D eigenvalue weighted by molar-refractivity contribution is 5.97. The first-order chi connectivity index (χ1) is 12.8. The third-order valence-corrected chi connectivity index (χ3v) is 3.73. The van der Waals surface area contributed by atoms with Gasteiger partial charge in [0, 0.05) is 5.69 Å². The second-order valence-electron chi connectivity index (χ2n) is 6.44. The highest BCUT2D eigenvalue weighted by Gasteiger charge is 2.20. The summed E-state index contributed by atoms with van der Waals surface area (Å²) in [6, 6.07) is 12.1. The number of carbonyl (C=O) groups excluding carboxylic acids is 2. The van der Waals surface area contributed by atoms with Crippen LogP contribution in [0.15, 0.2) is 42.5 Å². The van der Waals surface area contributed by atoms with Crippen LogP contribution < -0.4 is 14.8 Å². The lowest BCUT2D eigenvalue weighted by Crippen LogP contribution is -2.30. The molecule has 0 saturated carbocycles. The largest absolute Gasteiger partial charge is 0.493 e. The predicted molar refractivity (Wildman–Crippen MR) is 103 cm³/mol. The summed E-state index contributed by atoms with van der Waals surface area (Å²) in [5.41, 5.74) is 2.01. The number of amides is 1. The normalized spacial score (nSPS) is 11.6. The molecule has 0 bridgehead atoms. The molecule has 27 heavy (non-hydrogen) atoms. The van der Waals surface area contributed by atoms with Crippen molar-refractivity contribution in [3.8, 4) is 11.5 Å². The van der Waals surface area contributed by atoms with Crippen molar-refractivity contribution in [2.24, 2.45) is 0 Å². The number of esters is 1. The van der Waals surface area contributed by atoms with Gasteiger partial charge in [-0.3, -0.25) is 4.79 Å². The molecule has 1 atom stereocenters. The molecule has 2 aromatic carbocycles. The Kier molecular flexibility index (Phi) is 6.82. The standard InChI is InChI=1S/C21H25NO5/c1-13(2)26-18-11-8-16(12-19(18)25-5)21(24)27-15(4)20(23)22-17-9-6-14(3)7-10-17/h6-13,15H,1-5H3,(H,22,23). The number of anilines is 1. The van der Waals surface area contributed by atoms with Crippen molar-refractivity contribution in [2.75, 3.05) is 12.4 Å². The van der Waals surface area contributed by atoms with Crippen LogP contribution in [0.4, 0.5) is 5.69 Å². The molecule has 1 N–H and O–H groups in total. The number of hydrogen-bond donors (Lipinski definition) is 1. The van der Waals surface area contributed by atoms with E-state index in [1.165, 1.54) is 20.1 Å². The Balaban J connectivity index is 2.02. The minimum absolute atomic E-state index is 0.0257. The van der Waals surface area contributed by atoms with E-state index in [0.29, 0.717) is 17.2 Å². The third-order valence-electron chi connectivity index (χ3n) is 3.73. The van der Waals surface area contributed by atoms with E-state index in [2.05, 4.69) is 5.32 Å². The average Bonchev–Trinajstić information content (AvgIpc) is 2.63. The van der Waals surface area contributed by atoms with Crippen LogP contribution in [0.25, 0.3) is 0 Å². The molecule has 0 radical (unpaired) electrons. The number of benzene rings is 2. The molecule has 0 saturated heterocycles. The molecule has 0 heterocycles. The van der Waals surface area contributed by atoms with Crippen molar-refractivity contribution in [2.45, 2.75) is 39.9 Å². The van der Waals surface area contributed by atoms with Crippen LogP contribution in [0, 0.1) is 6.92 Å². The molecule has 2 aromatic rings. The fraction of sp³-hybridized carbons (Fsp3) is 0.333. The highest BCUT2D eigenvalue weighted by Crippen LogP contribution is 2.29. The van der Waals surface area contributed by atoms with E-state index < -0.39 is 18.0 Å². The molecule has 2 rings (SSSR count). The lowest BCUT2D eigenvalue weighted by Gasteiger charge is -2.16. The van der Waals surface area contributed by atoms with Gasteiger partial charge in [-0.1, -0.05) is 17.7 Å². The van der Waals surface area contributed by atoms with Crippen LogP contribution in [0.5, 0.6) is 11.5 Å². The summed E-state index contributed by atoms with van der Waals surface area (Å²) in [5.74, 6) is -0.0565. The van der Waals surface area contributed by atoms with Gasteiger partial charge in [-0.15, -0.1) is 0 Å². The predicted octanol–water partition coefficient (Wildman–Crippen LogP) is 3.97. The minimum atomic E-state index is -0.948. The maximum absolute atomic E-state index is 12.4. The van der Waals surface area contributed by atoms with Crippen LogP contribution >= 0.6 is 0 Å². The summed E-state index contributed by atoms with van der Waals surface area (Å²) in [4.78, 5) is 24.6. The zero-order chi connectivity index (χ0) is 20.0. The van der Waals surface area contributed by atoms with Crippen LogP contribution in [-0.2, 0) is 9.53 Å². The molecule has 0 aliphatic carbocycles. The molecule has 0 aromatic heterocycles. The van der Waals surface area contributed by atoms with Crippen molar-refractivity contribution in [1.82, 2.24) is 0 Å². The van der Waals surface area contributed by atoms with Gasteiger partial charge in [0.25, 0.3) is 5.91 Å². The first-order valence-electron chi connectivity index (χ1n) is 8.73. The topological polar surface area (TPSA) is 73.9 Å². The third kappa shape index (κ3) is 5.74. The molecule has 6 heteroatoms. The first-order valence-corrected chi connectivity index (χ1v) is 8.73. The number of carbonyl (C=O) groups is 2. The number of aryl methyl sites for hydroxylation is 1. The Hall–Kier alpha value is -3.02. The highest BCUT2D eigenvalue weighted by atomic mass is 16.5. The fourth-order valence-electron chi connectivity index (χ4n) is 2.31. The molecular weight excluding hydrogens is 346 g/mol. The molecule has 0 fully saturated rings. The SMILES string of the molecule is COc1cc(C(=O)OC(C)C(=O)Nc2ccc(C)cc2)ccc1OC(C)C. The second-order valence-corrected chi connectivity index (χ2v) is 6.44. The van der Waals surface area contributed by atoms with Gasteiger partial charge in [0.2, 0.25) is 0 Å². The Bertz CT molecular complexity index is 799. The van der Waals surface area contributed by atoms with Crippen LogP contribution in [0.3, 0.4) is 0 Å². The monoisotopic (exact) mass is 371 g/mol. The molecule has 0 aliphatic heterocycles. The van der Waals surface area contributed by atoms with E-state index in [1.54, 1.807) is 24.3 Å². The zero-order valence-corrected chi connectivity index (χ0v) is 16.2. The van der Waals surface area contributed by atoms with Crippen LogP contribution in [-0.4, -0.2) is 31.2 Å². The van der Waals surface area contributed by atoms with Crippen molar-refractivity contribution in [1.29, 1.82) is 0 Å². The van der Waals surface area contributed by atoms with Gasteiger partial charge >= 0.3 is 5.97 Å². The summed E-state index contributed by atoms with van der Waals surface area (Å²) in [7, 11) is 1.50. The Labute approximate surface area is 159 Å². The van der Waals surface area contributed by atoms with Crippen molar-refractivity contribution >= 4 is 17.6 Å². The number of nitrogens with one attached hydrogen (secondary N) is 1. The molecule has 144 valence electrons. The molecule has 1 amide bonds. The minimum Gasteiger partial charge on any atom is -0.493 e. The van der Waals surface area contributed by atoms with E-state index in [9.17, 15) is 9.59 Å². The average molecular weight is 371 g/mol. The van der Waals surface area contributed by atoms with E-state index >= 15 is 0 Å². The Morgan fingerprint density at radius 3 is 2.22 bits per heavy atom. The molecule has 0 spiro atoms. The second kappa shape index (κ2) is 9.07. The Morgan fingerprint density at radius 1 is 0.963 bits per heavy atom. The fourth-order valence-corrected chi connectivity index (χ4v) is 2.31. The molecule has 1 unspecified atom stereocenters. The van der Waals surface area contributed by atoms with Gasteiger partial charge in [0.15, 0.2) is 17.6 Å². The smallest absolute Gasteiger partial charge is 0.339 e. The number of ether oxygens (including phenoxy) is 3. The molecular formula is C21H25NO5. The quantitative estimate of drug-likeness (QED) is 0.746. The maximum atomic E-state index is 12.4. The van der Waals surface area contributed by atoms with E-state index in [4.69, 9.17) is 14.2 Å². The summed E-state index contributed by atoms with van der Waals surface area (Å²) < 4.78 is 16.2. The zero-order valence-electron chi connectivity index (χ0n) is 16.2. The summed E-state index contributed by atoms with van der Waals surface area (Å²) in [6.45, 7) is 7.28. The first kappa shape index (κ1) is 20.3. The summed E-state index contributed by atoms with van der Waals surface area (Å²) in [6.07, 6.45) is -0.974. The summed E-state index contributed by atoms with van der Waals surface area (Å²) in [5, 5.41) is 2.72. The van der Waals surface area contributed by atoms with Crippen LogP contribution in [0.1, 0.15) is 36.7 Å². The van der Waals surface area contributed by atoms with Crippen molar-refractivity contribution in [3.63, 3.8) is 0 Å². The lowest BCUT2D eigenvalue weighted by molar-refractivity contribution is -0.123. The molecule has 0 aliphatic rings. The van der Waals surface area contributed by atoms with E-state index in [1.807, 2.05) is 32.9 Å². The van der Waals surface area contributed by atoms with Gasteiger partial charge in [-0.05, 0) is 58.0 Å². The van der Waals surface area contributed by atoms with Gasteiger partial charge in [-0.2, -0.15) is 0 Å². The van der Waals surface area contributed by atoms with Gasteiger partial charge in [-0.25, -0.2) is 4.79 Å². The number of methoxy groups -OCH3 is 1. The molecule has 6 nitrogen and oxygen atoms in total.